The molecule has 0 amide bonds. The van der Waals surface area contributed by atoms with Gasteiger partial charge in [0, 0.05) is 0 Å². The van der Waals surface area contributed by atoms with Crippen LogP contribution in [0.15, 0.2) is 48.5 Å². The summed E-state index contributed by atoms with van der Waals surface area (Å²) in [7, 11) is 1.63. The lowest BCUT2D eigenvalue weighted by Gasteiger charge is -2.17. The van der Waals surface area contributed by atoms with E-state index in [-0.39, 0.29) is 0 Å². The van der Waals surface area contributed by atoms with Crippen LogP contribution in [0.2, 0.25) is 0 Å². The van der Waals surface area contributed by atoms with Crippen LogP contribution in [0, 0.1) is 0 Å². The molecule has 0 aliphatic heterocycles. The fourth-order valence-electron chi connectivity index (χ4n) is 4.09. The van der Waals surface area contributed by atoms with E-state index in [0.29, 0.717) is 17.2 Å². The average molecular weight is 375 g/mol. The van der Waals surface area contributed by atoms with Crippen LogP contribution < -0.4 is 36.9 Å². The molecule has 28 heavy (non-hydrogen) atoms. The second-order valence-electron chi connectivity index (χ2n) is 6.64. The summed E-state index contributed by atoms with van der Waals surface area (Å²) < 4.78 is 5.51. The highest BCUT2D eigenvalue weighted by Crippen LogP contribution is 2.45. The Morgan fingerprint density at radius 2 is 0.821 bits per heavy atom. The van der Waals surface area contributed by atoms with Crippen LogP contribution in [0.3, 0.4) is 0 Å². The van der Waals surface area contributed by atoms with Gasteiger partial charge < -0.3 is 19.2 Å². The van der Waals surface area contributed by atoms with Gasteiger partial charge in [0.05, 0.1) is 7.11 Å². The summed E-state index contributed by atoms with van der Waals surface area (Å²) in [5.41, 5.74) is 0. The minimum Gasteiger partial charge on any atom is -0.497 e. The van der Waals surface area contributed by atoms with Crippen molar-refractivity contribution in [3.63, 3.8) is 0 Å². The number of methoxy groups -OCH3 is 1. The van der Waals surface area contributed by atoms with E-state index in [1.807, 2.05) is 48.5 Å². The summed E-state index contributed by atoms with van der Waals surface area (Å²) in [5, 5.41) is 7.80. The molecule has 0 unspecified atom stereocenters. The Hall–Kier alpha value is -3.52. The number of rotatable bonds is 4. The van der Waals surface area contributed by atoms with E-state index in [9.17, 15) is 0 Å². The van der Waals surface area contributed by atoms with Crippen molar-refractivity contribution in [3.8, 4) is 23.0 Å². The van der Waals surface area contributed by atoms with Gasteiger partial charge in [0.2, 0.25) is 0 Å². The fraction of sp³-hybridized carbons (Fsp3) is 0.0476. The average Bonchev–Trinajstić information content (AvgIpc) is 2.75. The largest absolute Gasteiger partial charge is 0.497 e. The van der Waals surface area contributed by atoms with E-state index in [1.165, 1.54) is 0 Å². The van der Waals surface area contributed by atoms with Crippen molar-refractivity contribution in [1.29, 1.82) is 0 Å². The molecule has 7 heteroatoms. The van der Waals surface area contributed by atoms with E-state index in [0.717, 1.165) is 48.8 Å². The van der Waals surface area contributed by atoms with Gasteiger partial charge >= 0.3 is 0 Å². The van der Waals surface area contributed by atoms with Crippen molar-refractivity contribution in [2.75, 3.05) is 7.11 Å². The van der Waals surface area contributed by atoms with Crippen molar-refractivity contribution < 1.29 is 19.2 Å². The lowest BCUT2D eigenvalue weighted by Crippen LogP contribution is -2.04. The minimum atomic E-state index is 0.520. The van der Waals surface area contributed by atoms with Crippen LogP contribution in [0.25, 0.3) is 43.1 Å². The summed E-state index contributed by atoms with van der Waals surface area (Å²) in [6.45, 7) is 0. The molecule has 0 bridgehead atoms. The molecule has 0 spiro atoms. The molecule has 0 fully saturated rings. The van der Waals surface area contributed by atoms with Crippen molar-refractivity contribution in [1.82, 2.24) is 0 Å². The van der Waals surface area contributed by atoms with Crippen molar-refractivity contribution in [2.45, 2.75) is 0 Å². The highest BCUT2D eigenvalue weighted by molar-refractivity contribution is 6.33. The molecule has 0 radical (unpaired) electrons. The molecule has 0 aliphatic carbocycles. The zero-order valence-electron chi connectivity index (χ0n) is 15.0. The van der Waals surface area contributed by atoms with Gasteiger partial charge in [-0.15, -0.1) is 0 Å². The predicted molar refractivity (Wildman–Crippen MR) is 109 cm³/mol. The SMILES string of the molecule is COc1cc2cc(ON)cc3c4cc(ON)cc5cc(ON)cc(c(c1)c23)c54. The zero-order chi connectivity index (χ0) is 19.4. The normalized spacial score (nSPS) is 11.6. The molecular weight excluding hydrogens is 358 g/mol. The van der Waals surface area contributed by atoms with Crippen LogP contribution in [-0.4, -0.2) is 7.11 Å². The third kappa shape index (κ3) is 2.21. The Morgan fingerprint density at radius 1 is 0.500 bits per heavy atom. The molecule has 6 N–H and O–H groups in total. The molecule has 5 aromatic rings. The van der Waals surface area contributed by atoms with Gasteiger partial charge in [-0.25, -0.2) is 0 Å². The first-order chi connectivity index (χ1) is 13.7. The molecule has 0 atom stereocenters. The van der Waals surface area contributed by atoms with Gasteiger partial charge in [0.1, 0.15) is 23.0 Å². The first-order valence-electron chi connectivity index (χ1n) is 8.55. The number of hydrogen-bond donors (Lipinski definition) is 3. The summed E-state index contributed by atoms with van der Waals surface area (Å²) in [5.74, 6) is 18.7. The highest BCUT2D eigenvalue weighted by Gasteiger charge is 2.18. The van der Waals surface area contributed by atoms with E-state index >= 15 is 0 Å². The van der Waals surface area contributed by atoms with Gasteiger partial charge in [-0.1, -0.05) is 0 Å². The molecule has 0 aromatic heterocycles. The van der Waals surface area contributed by atoms with Gasteiger partial charge in [0.25, 0.3) is 0 Å². The van der Waals surface area contributed by atoms with Gasteiger partial charge in [-0.2, -0.15) is 17.7 Å². The Morgan fingerprint density at radius 3 is 1.14 bits per heavy atom. The third-order valence-corrected chi connectivity index (χ3v) is 5.22. The number of hydrogen-bond acceptors (Lipinski definition) is 7. The van der Waals surface area contributed by atoms with E-state index < -0.39 is 0 Å². The fourth-order valence-corrected chi connectivity index (χ4v) is 4.09. The molecule has 5 rings (SSSR count). The quantitative estimate of drug-likeness (QED) is 0.250. The van der Waals surface area contributed by atoms with Crippen molar-refractivity contribution in [2.24, 2.45) is 17.7 Å². The number of fused-ring (bicyclic) bond motifs is 2. The second kappa shape index (κ2) is 6.00. The van der Waals surface area contributed by atoms with Crippen LogP contribution in [0.1, 0.15) is 0 Å². The standard InChI is InChI=1S/C21H17N3O4/c1-25-12-2-10-3-13(26-22)8-18-19-9-15(28-24)5-11-4-14(27-23)7-17(21(11)19)16(6-12)20(10)18/h2-9H,22-24H2,1H3. The topological polar surface area (TPSA) is 115 Å². The van der Waals surface area contributed by atoms with Crippen LogP contribution in [0.4, 0.5) is 0 Å². The van der Waals surface area contributed by atoms with Crippen LogP contribution in [-0.2, 0) is 0 Å². The molecule has 0 aliphatic rings. The molecule has 140 valence electrons. The van der Waals surface area contributed by atoms with E-state index in [4.69, 9.17) is 36.9 Å². The summed E-state index contributed by atoms with van der Waals surface area (Å²) >= 11 is 0. The van der Waals surface area contributed by atoms with E-state index in [1.54, 1.807) is 7.11 Å². The number of benzene rings is 5. The van der Waals surface area contributed by atoms with Crippen molar-refractivity contribution >= 4 is 43.1 Å². The maximum Gasteiger partial charge on any atom is 0.148 e. The Bertz CT molecular complexity index is 1170. The maximum atomic E-state index is 5.51. The lowest BCUT2D eigenvalue weighted by atomic mass is 9.89. The minimum absolute atomic E-state index is 0.520. The Kier molecular flexibility index (Phi) is 3.56. The Balaban J connectivity index is 2.14. The van der Waals surface area contributed by atoms with Crippen molar-refractivity contribution in [3.05, 3.63) is 48.5 Å². The highest BCUT2D eigenvalue weighted by atomic mass is 16.6. The smallest absolute Gasteiger partial charge is 0.148 e. The van der Waals surface area contributed by atoms with Gasteiger partial charge in [0.15, 0.2) is 0 Å². The lowest BCUT2D eigenvalue weighted by molar-refractivity contribution is 0.334. The summed E-state index contributed by atoms with van der Waals surface area (Å²) in [6.07, 6.45) is 0. The first-order valence-corrected chi connectivity index (χ1v) is 8.55. The predicted octanol–water partition coefficient (Wildman–Crippen LogP) is 3.50. The van der Waals surface area contributed by atoms with E-state index in [2.05, 4.69) is 0 Å². The third-order valence-electron chi connectivity index (χ3n) is 5.22. The number of nitrogens with two attached hydrogens (primary N) is 3. The number of ether oxygens (including phenoxy) is 1. The van der Waals surface area contributed by atoms with Crippen LogP contribution in [0.5, 0.6) is 23.0 Å². The maximum absolute atomic E-state index is 5.51. The molecule has 0 saturated heterocycles. The molecule has 7 nitrogen and oxygen atoms in total. The van der Waals surface area contributed by atoms with Gasteiger partial charge in [-0.05, 0) is 91.6 Å². The summed E-state index contributed by atoms with van der Waals surface area (Å²) in [4.78, 5) is 15.1. The molecule has 0 saturated carbocycles. The second-order valence-corrected chi connectivity index (χ2v) is 6.64. The molecular formula is C21H17N3O4. The Labute approximate surface area is 159 Å². The molecule has 5 aromatic carbocycles. The van der Waals surface area contributed by atoms with Crippen LogP contribution >= 0.6 is 0 Å². The molecule has 0 heterocycles. The first kappa shape index (κ1) is 16.6. The zero-order valence-corrected chi connectivity index (χ0v) is 15.0. The van der Waals surface area contributed by atoms with Gasteiger partial charge in [-0.3, -0.25) is 0 Å². The summed E-state index contributed by atoms with van der Waals surface area (Å²) in [6, 6.07) is 15.2. The monoisotopic (exact) mass is 375 g/mol.